The van der Waals surface area contributed by atoms with E-state index < -0.39 is 0 Å². The first kappa shape index (κ1) is 14.4. The first-order valence-electron chi connectivity index (χ1n) is 6.49. The molecule has 0 aromatic heterocycles. The molecule has 20 heavy (non-hydrogen) atoms. The van der Waals surface area contributed by atoms with E-state index in [-0.39, 0.29) is 5.91 Å². The molecule has 0 bridgehead atoms. The lowest BCUT2D eigenvalue weighted by Gasteiger charge is -2.06. The molecule has 0 aliphatic carbocycles. The predicted molar refractivity (Wildman–Crippen MR) is 82.7 cm³/mol. The summed E-state index contributed by atoms with van der Waals surface area (Å²) in [7, 11) is 0. The molecule has 0 saturated heterocycles. The number of benzene rings is 2. The molecule has 0 fully saturated rings. The Morgan fingerprint density at radius 1 is 1.10 bits per heavy atom. The second-order valence-corrected chi connectivity index (χ2v) is 5.08. The van der Waals surface area contributed by atoms with Crippen LogP contribution in [0.1, 0.15) is 11.1 Å². The maximum absolute atomic E-state index is 11.8. The van der Waals surface area contributed by atoms with Gasteiger partial charge in [0.2, 0.25) is 5.91 Å². The lowest BCUT2D eigenvalue weighted by Crippen LogP contribution is -2.27. The fraction of sp³-hybridized carbons (Fsp3) is 0.188. The van der Waals surface area contributed by atoms with E-state index in [0.717, 1.165) is 23.2 Å². The monoisotopic (exact) mass is 288 g/mol. The zero-order chi connectivity index (χ0) is 14.4. The standard InChI is InChI=1S/C16H17ClN2O/c17-14-3-1-2-13(10-14)11-16(20)19-9-8-12-4-6-15(18)7-5-12/h1-7,10H,8-9,11,18H2,(H,19,20). The minimum absolute atomic E-state index is 0.00251. The minimum atomic E-state index is 0.00251. The van der Waals surface area contributed by atoms with Crippen LogP contribution in [0.15, 0.2) is 48.5 Å². The largest absolute Gasteiger partial charge is 0.399 e. The molecule has 0 aliphatic heterocycles. The molecule has 2 rings (SSSR count). The van der Waals surface area contributed by atoms with Gasteiger partial charge in [-0.15, -0.1) is 0 Å². The van der Waals surface area contributed by atoms with Gasteiger partial charge in [-0.05, 0) is 41.8 Å². The van der Waals surface area contributed by atoms with E-state index in [2.05, 4.69) is 5.32 Å². The third-order valence-electron chi connectivity index (χ3n) is 2.97. The fourth-order valence-corrected chi connectivity index (χ4v) is 2.14. The summed E-state index contributed by atoms with van der Waals surface area (Å²) in [4.78, 5) is 11.8. The number of hydrogen-bond acceptors (Lipinski definition) is 2. The molecule has 3 nitrogen and oxygen atoms in total. The Hall–Kier alpha value is -2.00. The van der Waals surface area contributed by atoms with Crippen LogP contribution >= 0.6 is 11.6 Å². The molecular formula is C16H17ClN2O. The van der Waals surface area contributed by atoms with E-state index in [1.165, 1.54) is 0 Å². The van der Waals surface area contributed by atoms with Crippen LogP contribution in [0.2, 0.25) is 5.02 Å². The van der Waals surface area contributed by atoms with Crippen LogP contribution in [0.25, 0.3) is 0 Å². The van der Waals surface area contributed by atoms with Crippen molar-refractivity contribution in [3.63, 3.8) is 0 Å². The summed E-state index contributed by atoms with van der Waals surface area (Å²) in [5.41, 5.74) is 8.44. The highest BCUT2D eigenvalue weighted by atomic mass is 35.5. The molecule has 2 aromatic carbocycles. The van der Waals surface area contributed by atoms with Crippen LogP contribution in [0.3, 0.4) is 0 Å². The van der Waals surface area contributed by atoms with Crippen molar-refractivity contribution in [3.8, 4) is 0 Å². The van der Waals surface area contributed by atoms with Gasteiger partial charge < -0.3 is 11.1 Å². The summed E-state index contributed by atoms with van der Waals surface area (Å²) in [6.07, 6.45) is 1.14. The maximum Gasteiger partial charge on any atom is 0.224 e. The molecule has 0 heterocycles. The summed E-state index contributed by atoms with van der Waals surface area (Å²) >= 11 is 5.88. The van der Waals surface area contributed by atoms with Gasteiger partial charge in [0.1, 0.15) is 0 Å². The van der Waals surface area contributed by atoms with Crippen LogP contribution in [-0.4, -0.2) is 12.5 Å². The highest BCUT2D eigenvalue weighted by Crippen LogP contribution is 2.11. The first-order valence-corrected chi connectivity index (χ1v) is 6.87. The average Bonchev–Trinajstić information content (AvgIpc) is 2.41. The Morgan fingerprint density at radius 2 is 1.85 bits per heavy atom. The molecule has 4 heteroatoms. The van der Waals surface area contributed by atoms with Crippen LogP contribution in [-0.2, 0) is 17.6 Å². The Balaban J connectivity index is 1.76. The summed E-state index contributed by atoms with van der Waals surface area (Å²) < 4.78 is 0. The topological polar surface area (TPSA) is 55.1 Å². The van der Waals surface area contributed by atoms with Gasteiger partial charge in [-0.25, -0.2) is 0 Å². The molecule has 1 amide bonds. The van der Waals surface area contributed by atoms with Crippen molar-refractivity contribution in [1.82, 2.24) is 5.32 Å². The molecule has 104 valence electrons. The van der Waals surface area contributed by atoms with E-state index >= 15 is 0 Å². The predicted octanol–water partition coefficient (Wildman–Crippen LogP) is 2.82. The summed E-state index contributed by atoms with van der Waals surface area (Å²) in [6, 6.07) is 15.0. The summed E-state index contributed by atoms with van der Waals surface area (Å²) in [5, 5.41) is 3.55. The fourth-order valence-electron chi connectivity index (χ4n) is 1.93. The smallest absolute Gasteiger partial charge is 0.224 e. The summed E-state index contributed by atoms with van der Waals surface area (Å²) in [6.45, 7) is 0.614. The Kier molecular flexibility index (Phi) is 5.02. The van der Waals surface area contributed by atoms with Gasteiger partial charge in [0.25, 0.3) is 0 Å². The number of carbonyl (C=O) groups excluding carboxylic acids is 1. The molecule has 0 radical (unpaired) electrons. The van der Waals surface area contributed by atoms with Gasteiger partial charge in [0.15, 0.2) is 0 Å². The molecule has 0 spiro atoms. The molecule has 2 aromatic rings. The lowest BCUT2D eigenvalue weighted by molar-refractivity contribution is -0.120. The van der Waals surface area contributed by atoms with Crippen molar-refractivity contribution in [3.05, 3.63) is 64.7 Å². The average molecular weight is 289 g/mol. The normalized spacial score (nSPS) is 10.2. The second-order valence-electron chi connectivity index (χ2n) is 4.65. The van der Waals surface area contributed by atoms with Gasteiger partial charge in [-0.3, -0.25) is 4.79 Å². The quantitative estimate of drug-likeness (QED) is 0.831. The third-order valence-corrected chi connectivity index (χ3v) is 3.20. The number of halogens is 1. The van der Waals surface area contributed by atoms with E-state index in [0.29, 0.717) is 18.0 Å². The van der Waals surface area contributed by atoms with Crippen molar-refractivity contribution in [2.45, 2.75) is 12.8 Å². The number of nitrogens with one attached hydrogen (secondary N) is 1. The third kappa shape index (κ3) is 4.59. The zero-order valence-corrected chi connectivity index (χ0v) is 11.9. The number of amides is 1. The molecular weight excluding hydrogens is 272 g/mol. The number of nitrogens with two attached hydrogens (primary N) is 1. The van der Waals surface area contributed by atoms with Gasteiger partial charge in [0, 0.05) is 17.3 Å². The number of hydrogen-bond donors (Lipinski definition) is 2. The number of carbonyl (C=O) groups is 1. The van der Waals surface area contributed by atoms with E-state index in [1.807, 2.05) is 36.4 Å². The SMILES string of the molecule is Nc1ccc(CCNC(=O)Cc2cccc(Cl)c2)cc1. The van der Waals surface area contributed by atoms with Crippen LogP contribution < -0.4 is 11.1 Å². The minimum Gasteiger partial charge on any atom is -0.399 e. The van der Waals surface area contributed by atoms with E-state index in [4.69, 9.17) is 17.3 Å². The van der Waals surface area contributed by atoms with Crippen LogP contribution in [0.5, 0.6) is 0 Å². The molecule has 0 atom stereocenters. The molecule has 3 N–H and O–H groups in total. The van der Waals surface area contributed by atoms with Gasteiger partial charge >= 0.3 is 0 Å². The van der Waals surface area contributed by atoms with Gasteiger partial charge in [-0.1, -0.05) is 35.9 Å². The van der Waals surface area contributed by atoms with Crippen molar-refractivity contribution >= 4 is 23.2 Å². The molecule has 0 saturated carbocycles. The van der Waals surface area contributed by atoms with E-state index in [1.54, 1.807) is 12.1 Å². The highest BCUT2D eigenvalue weighted by Gasteiger charge is 2.03. The van der Waals surface area contributed by atoms with Crippen molar-refractivity contribution in [2.75, 3.05) is 12.3 Å². The highest BCUT2D eigenvalue weighted by molar-refractivity contribution is 6.30. The van der Waals surface area contributed by atoms with Crippen molar-refractivity contribution in [2.24, 2.45) is 0 Å². The van der Waals surface area contributed by atoms with Gasteiger partial charge in [-0.2, -0.15) is 0 Å². The van der Waals surface area contributed by atoms with Crippen LogP contribution in [0.4, 0.5) is 5.69 Å². The number of anilines is 1. The second kappa shape index (κ2) is 6.96. The van der Waals surface area contributed by atoms with Gasteiger partial charge in [0.05, 0.1) is 6.42 Å². The Bertz CT molecular complexity index is 581. The number of rotatable bonds is 5. The van der Waals surface area contributed by atoms with Crippen LogP contribution in [0, 0.1) is 0 Å². The zero-order valence-electron chi connectivity index (χ0n) is 11.1. The lowest BCUT2D eigenvalue weighted by atomic mass is 10.1. The Labute approximate surface area is 123 Å². The first-order chi connectivity index (χ1) is 9.63. The number of nitrogen functional groups attached to an aromatic ring is 1. The maximum atomic E-state index is 11.8. The van der Waals surface area contributed by atoms with E-state index in [9.17, 15) is 4.79 Å². The van der Waals surface area contributed by atoms with Crippen molar-refractivity contribution < 1.29 is 4.79 Å². The molecule has 0 aliphatic rings. The molecule has 0 unspecified atom stereocenters. The Morgan fingerprint density at radius 3 is 2.55 bits per heavy atom. The van der Waals surface area contributed by atoms with Crippen molar-refractivity contribution in [1.29, 1.82) is 0 Å². The summed E-state index contributed by atoms with van der Waals surface area (Å²) in [5.74, 6) is 0.00251.